The molecule has 3 N–H and O–H groups in total. The Labute approximate surface area is 203 Å². The van der Waals surface area contributed by atoms with Crippen molar-refractivity contribution in [2.24, 2.45) is 0 Å². The molecule has 6 rings (SSSR count). The summed E-state index contributed by atoms with van der Waals surface area (Å²) in [6, 6.07) is 16.9. The zero-order valence-electron chi connectivity index (χ0n) is 19.8. The number of hydrogen-bond donors (Lipinski definition) is 3. The molecule has 7 nitrogen and oxygen atoms in total. The highest BCUT2D eigenvalue weighted by Crippen LogP contribution is 2.35. The predicted octanol–water partition coefficient (Wildman–Crippen LogP) is 6.11. The van der Waals surface area contributed by atoms with Gasteiger partial charge in [-0.2, -0.15) is 5.10 Å². The van der Waals surface area contributed by atoms with Gasteiger partial charge in [0, 0.05) is 53.2 Å². The van der Waals surface area contributed by atoms with Gasteiger partial charge in [0.15, 0.2) is 0 Å². The van der Waals surface area contributed by atoms with Gasteiger partial charge >= 0.3 is 0 Å². The van der Waals surface area contributed by atoms with Crippen LogP contribution in [-0.4, -0.2) is 39.2 Å². The molecule has 0 atom stereocenters. The number of benzene rings is 2. The van der Waals surface area contributed by atoms with Crippen LogP contribution in [0.5, 0.6) is 0 Å². The Kier molecular flexibility index (Phi) is 5.45. The number of carbonyl (C=O) groups excluding carboxylic acids is 1. The number of piperidine rings is 1. The number of aromatic nitrogens is 4. The average Bonchev–Trinajstić information content (AvgIpc) is 3.53. The lowest BCUT2D eigenvalue weighted by Gasteiger charge is -2.29. The minimum atomic E-state index is -0.0285. The maximum absolute atomic E-state index is 11.8. The Balaban J connectivity index is 1.39. The van der Waals surface area contributed by atoms with Crippen molar-refractivity contribution >= 4 is 39.1 Å². The third-order valence-corrected chi connectivity index (χ3v) is 6.83. The molecule has 0 aliphatic carbocycles. The third kappa shape index (κ3) is 4.03. The highest BCUT2D eigenvalue weighted by molar-refractivity contribution is 6.01. The molecular formula is C28H28N6O. The summed E-state index contributed by atoms with van der Waals surface area (Å²) in [5, 5.41) is 13.0. The Hall–Kier alpha value is -4.13. The fourth-order valence-electron chi connectivity index (χ4n) is 4.99. The molecule has 5 aromatic rings. The van der Waals surface area contributed by atoms with Crippen molar-refractivity contribution in [1.82, 2.24) is 20.2 Å². The van der Waals surface area contributed by atoms with Crippen LogP contribution in [0, 0.1) is 0 Å². The first-order valence-corrected chi connectivity index (χ1v) is 12.3. The van der Waals surface area contributed by atoms with Crippen LogP contribution in [0.2, 0.25) is 0 Å². The molecule has 0 unspecified atom stereocenters. The summed E-state index contributed by atoms with van der Waals surface area (Å²) in [4.78, 5) is 22.2. The second-order valence-corrected chi connectivity index (χ2v) is 9.17. The molecule has 35 heavy (non-hydrogen) atoms. The van der Waals surface area contributed by atoms with E-state index in [0.717, 1.165) is 52.0 Å². The topological polar surface area (TPSA) is 89.7 Å². The van der Waals surface area contributed by atoms with Gasteiger partial charge in [0.2, 0.25) is 5.91 Å². The summed E-state index contributed by atoms with van der Waals surface area (Å²) in [5.74, 6) is -0.0285. The molecule has 1 aliphatic heterocycles. The van der Waals surface area contributed by atoms with Crippen LogP contribution in [0.1, 0.15) is 32.6 Å². The van der Waals surface area contributed by atoms with Crippen LogP contribution in [0.4, 0.5) is 11.4 Å². The number of nitrogens with one attached hydrogen (secondary N) is 3. The van der Waals surface area contributed by atoms with Gasteiger partial charge in [-0.15, -0.1) is 0 Å². The molecule has 1 aliphatic rings. The largest absolute Gasteiger partial charge is 0.371 e. The van der Waals surface area contributed by atoms with E-state index in [1.807, 2.05) is 31.3 Å². The zero-order valence-corrected chi connectivity index (χ0v) is 19.8. The van der Waals surface area contributed by atoms with Crippen LogP contribution >= 0.6 is 0 Å². The van der Waals surface area contributed by atoms with Gasteiger partial charge in [-0.05, 0) is 61.2 Å². The maximum Gasteiger partial charge on any atom is 0.224 e. The summed E-state index contributed by atoms with van der Waals surface area (Å²) in [6.07, 6.45) is 7.73. The molecule has 1 fully saturated rings. The van der Waals surface area contributed by atoms with Crippen molar-refractivity contribution in [2.75, 3.05) is 23.3 Å². The highest BCUT2D eigenvalue weighted by Gasteiger charge is 2.17. The lowest BCUT2D eigenvalue weighted by molar-refractivity contribution is -0.115. The van der Waals surface area contributed by atoms with E-state index in [2.05, 4.69) is 60.7 Å². The smallest absolute Gasteiger partial charge is 0.224 e. The van der Waals surface area contributed by atoms with Gasteiger partial charge in [0.05, 0.1) is 23.1 Å². The Morgan fingerprint density at radius 2 is 1.86 bits per heavy atom. The van der Waals surface area contributed by atoms with E-state index in [0.29, 0.717) is 12.1 Å². The molecule has 2 aromatic carbocycles. The van der Waals surface area contributed by atoms with Crippen LogP contribution < -0.4 is 10.2 Å². The maximum atomic E-state index is 11.8. The van der Waals surface area contributed by atoms with Gasteiger partial charge < -0.3 is 15.2 Å². The van der Waals surface area contributed by atoms with Crippen LogP contribution in [0.25, 0.3) is 44.3 Å². The molecular weight excluding hydrogens is 436 g/mol. The minimum absolute atomic E-state index is 0.0285. The Morgan fingerprint density at radius 3 is 2.71 bits per heavy atom. The average molecular weight is 465 g/mol. The van der Waals surface area contributed by atoms with Crippen molar-refractivity contribution in [1.29, 1.82) is 0 Å². The molecule has 7 heteroatoms. The molecule has 0 spiro atoms. The second kappa shape index (κ2) is 8.91. The number of fused-ring (bicyclic) bond motifs is 2. The van der Waals surface area contributed by atoms with Crippen molar-refractivity contribution in [3.63, 3.8) is 0 Å². The Morgan fingerprint density at radius 1 is 0.971 bits per heavy atom. The standard InChI is InChI=1S/C28H28N6O/c1-2-27(35)30-20-13-19(16-29-17-20)18-9-10-24-22(14-18)28(33-32-24)25-15-21-23(31-25)7-6-8-26(21)34-11-4-3-5-12-34/h6-10,13-17,31H,2-5,11-12H2,1H3,(H,30,35)(H,32,33). The summed E-state index contributed by atoms with van der Waals surface area (Å²) in [7, 11) is 0. The number of H-pyrrole nitrogens is 2. The van der Waals surface area contributed by atoms with Gasteiger partial charge in [0.25, 0.3) is 0 Å². The number of rotatable bonds is 5. The molecule has 3 aromatic heterocycles. The molecule has 4 heterocycles. The zero-order chi connectivity index (χ0) is 23.8. The van der Waals surface area contributed by atoms with Gasteiger partial charge in [-0.1, -0.05) is 19.1 Å². The van der Waals surface area contributed by atoms with Crippen molar-refractivity contribution in [3.05, 3.63) is 60.9 Å². The molecule has 0 bridgehead atoms. The van der Waals surface area contributed by atoms with E-state index in [-0.39, 0.29) is 5.91 Å². The predicted molar refractivity (Wildman–Crippen MR) is 142 cm³/mol. The number of anilines is 2. The van der Waals surface area contributed by atoms with Crippen molar-refractivity contribution in [3.8, 4) is 22.5 Å². The first kappa shape index (κ1) is 21.4. The summed E-state index contributed by atoms with van der Waals surface area (Å²) >= 11 is 0. The number of aromatic amines is 2. The molecule has 176 valence electrons. The van der Waals surface area contributed by atoms with E-state index in [9.17, 15) is 4.79 Å². The van der Waals surface area contributed by atoms with Crippen molar-refractivity contribution < 1.29 is 4.79 Å². The molecule has 1 saturated heterocycles. The first-order valence-electron chi connectivity index (χ1n) is 12.3. The summed E-state index contributed by atoms with van der Waals surface area (Å²) in [6.45, 7) is 4.06. The number of carbonyl (C=O) groups is 1. The van der Waals surface area contributed by atoms with E-state index >= 15 is 0 Å². The Bertz CT molecular complexity index is 1530. The van der Waals surface area contributed by atoms with Gasteiger partial charge in [-0.25, -0.2) is 0 Å². The number of amides is 1. The quantitative estimate of drug-likeness (QED) is 0.293. The molecule has 1 amide bonds. The van der Waals surface area contributed by atoms with Crippen LogP contribution in [0.3, 0.4) is 0 Å². The van der Waals surface area contributed by atoms with Crippen LogP contribution in [-0.2, 0) is 4.79 Å². The van der Waals surface area contributed by atoms with Gasteiger partial charge in [-0.3, -0.25) is 14.9 Å². The third-order valence-electron chi connectivity index (χ3n) is 6.83. The number of pyridine rings is 1. The SMILES string of the molecule is CCC(=O)Nc1cncc(-c2ccc3[nH]nc(-c4cc5c(N6CCCCC6)cccc5[nH]4)c3c2)c1. The fraction of sp³-hybridized carbons (Fsp3) is 0.250. The van der Waals surface area contributed by atoms with Crippen molar-refractivity contribution in [2.45, 2.75) is 32.6 Å². The normalized spacial score (nSPS) is 14.0. The summed E-state index contributed by atoms with van der Waals surface area (Å²) < 4.78 is 0. The van der Waals surface area contributed by atoms with E-state index in [1.165, 1.54) is 30.3 Å². The molecule has 0 radical (unpaired) electrons. The summed E-state index contributed by atoms with van der Waals surface area (Å²) in [5.41, 5.74) is 7.94. The minimum Gasteiger partial charge on any atom is -0.371 e. The van der Waals surface area contributed by atoms with E-state index in [4.69, 9.17) is 0 Å². The lowest BCUT2D eigenvalue weighted by atomic mass is 10.0. The number of hydrogen-bond acceptors (Lipinski definition) is 4. The van der Waals surface area contributed by atoms with E-state index < -0.39 is 0 Å². The van der Waals surface area contributed by atoms with Gasteiger partial charge in [0.1, 0.15) is 5.69 Å². The fourth-order valence-corrected chi connectivity index (χ4v) is 4.99. The monoisotopic (exact) mass is 464 g/mol. The number of nitrogens with zero attached hydrogens (tertiary/aromatic N) is 3. The highest BCUT2D eigenvalue weighted by atomic mass is 16.1. The van der Waals surface area contributed by atoms with Crippen LogP contribution in [0.15, 0.2) is 60.9 Å². The first-order chi connectivity index (χ1) is 17.2. The lowest BCUT2D eigenvalue weighted by Crippen LogP contribution is -2.29. The second-order valence-electron chi connectivity index (χ2n) is 9.17. The van der Waals surface area contributed by atoms with E-state index in [1.54, 1.807) is 6.20 Å². The molecule has 0 saturated carbocycles.